The van der Waals surface area contributed by atoms with Crippen molar-refractivity contribution in [2.24, 2.45) is 0 Å². The number of halogens is 1. The second-order valence-corrected chi connectivity index (χ2v) is 5.74. The minimum atomic E-state index is -3.64. The molecule has 0 fully saturated rings. The van der Waals surface area contributed by atoms with Crippen molar-refractivity contribution in [3.8, 4) is 0 Å². The van der Waals surface area contributed by atoms with Crippen molar-refractivity contribution < 1.29 is 17.9 Å². The fourth-order valence-corrected chi connectivity index (χ4v) is 2.56. The van der Waals surface area contributed by atoms with Crippen molar-refractivity contribution in [3.63, 3.8) is 0 Å². The molecule has 0 bridgehead atoms. The van der Waals surface area contributed by atoms with E-state index >= 15 is 0 Å². The maximum absolute atomic E-state index is 12.7. The zero-order valence-corrected chi connectivity index (χ0v) is 10.7. The van der Waals surface area contributed by atoms with Crippen molar-refractivity contribution in [2.75, 3.05) is 0 Å². The second kappa shape index (κ2) is 5.52. The van der Waals surface area contributed by atoms with E-state index in [2.05, 4.69) is 9.71 Å². The molecule has 19 heavy (non-hydrogen) atoms. The average Bonchev–Trinajstić information content (AvgIpc) is 2.88. The summed E-state index contributed by atoms with van der Waals surface area (Å²) in [5.74, 6) is -0.371. The molecule has 0 unspecified atom stereocenters. The molecular weight excluding hydrogens is 271 g/mol. The van der Waals surface area contributed by atoms with E-state index in [1.165, 1.54) is 36.5 Å². The maximum atomic E-state index is 12.7. The summed E-state index contributed by atoms with van der Waals surface area (Å²) in [6, 6.07) is 6.91. The Kier molecular flexibility index (Phi) is 3.98. The number of sulfonamides is 1. The second-order valence-electron chi connectivity index (χ2n) is 3.97. The highest BCUT2D eigenvalue weighted by Gasteiger charge is 2.15. The first kappa shape index (κ1) is 13.7. The molecule has 5 nitrogen and oxygen atoms in total. The van der Waals surface area contributed by atoms with Crippen molar-refractivity contribution in [2.45, 2.75) is 18.0 Å². The van der Waals surface area contributed by atoms with Gasteiger partial charge in [0.1, 0.15) is 5.82 Å². The average molecular weight is 284 g/mol. The lowest BCUT2D eigenvalue weighted by molar-refractivity contribution is 0.277. The van der Waals surface area contributed by atoms with E-state index in [1.54, 1.807) is 0 Å². The number of H-pyrrole nitrogens is 1. The molecule has 0 atom stereocenters. The Hall–Kier alpha value is -1.70. The summed E-state index contributed by atoms with van der Waals surface area (Å²) in [6.45, 7) is -0.185. The Bertz CT molecular complexity index is 650. The third kappa shape index (κ3) is 3.40. The Morgan fingerprint density at radius 1 is 1.26 bits per heavy atom. The Labute approximate surface area is 110 Å². The first-order chi connectivity index (χ1) is 9.01. The topological polar surface area (TPSA) is 82.2 Å². The van der Waals surface area contributed by atoms with Crippen molar-refractivity contribution in [1.82, 2.24) is 9.71 Å². The number of hydrogen-bond acceptors (Lipinski definition) is 3. The lowest BCUT2D eigenvalue weighted by Gasteiger charge is -2.04. The summed E-state index contributed by atoms with van der Waals surface area (Å²) in [6.07, 6.45) is 1.30. The first-order valence-electron chi connectivity index (χ1n) is 5.53. The van der Waals surface area contributed by atoms with E-state index in [0.29, 0.717) is 11.3 Å². The summed E-state index contributed by atoms with van der Waals surface area (Å²) in [5, 5.41) is 8.87. The van der Waals surface area contributed by atoms with Crippen molar-refractivity contribution in [3.05, 3.63) is 53.6 Å². The molecule has 7 heteroatoms. The summed E-state index contributed by atoms with van der Waals surface area (Å²) in [7, 11) is -3.64. The van der Waals surface area contributed by atoms with Crippen LogP contribution in [0.3, 0.4) is 0 Å². The van der Waals surface area contributed by atoms with Gasteiger partial charge in [0.15, 0.2) is 0 Å². The number of aromatic nitrogens is 1. The van der Waals surface area contributed by atoms with E-state index in [1.807, 2.05) is 0 Å². The largest absolute Gasteiger partial charge is 0.390 e. The van der Waals surface area contributed by atoms with Gasteiger partial charge in [-0.25, -0.2) is 17.5 Å². The predicted molar refractivity (Wildman–Crippen MR) is 67.1 cm³/mol. The van der Waals surface area contributed by atoms with Gasteiger partial charge in [0.2, 0.25) is 10.0 Å². The zero-order chi connectivity index (χ0) is 13.9. The molecule has 0 amide bonds. The van der Waals surface area contributed by atoms with Gasteiger partial charge in [-0.2, -0.15) is 0 Å². The minimum absolute atomic E-state index is 0.0543. The molecule has 0 saturated heterocycles. The van der Waals surface area contributed by atoms with Gasteiger partial charge in [-0.15, -0.1) is 0 Å². The minimum Gasteiger partial charge on any atom is -0.390 e. The number of benzene rings is 1. The molecule has 1 aromatic carbocycles. The number of hydrogen-bond donors (Lipinski definition) is 3. The molecule has 0 aliphatic carbocycles. The van der Waals surface area contributed by atoms with Crippen molar-refractivity contribution in [1.29, 1.82) is 0 Å². The molecule has 0 spiro atoms. The van der Waals surface area contributed by atoms with Gasteiger partial charge >= 0.3 is 0 Å². The molecule has 0 radical (unpaired) electrons. The van der Waals surface area contributed by atoms with Crippen LogP contribution in [0, 0.1) is 5.82 Å². The number of aliphatic hydroxyl groups excluding tert-OH is 1. The molecule has 2 aromatic rings. The molecule has 3 N–H and O–H groups in total. The van der Waals surface area contributed by atoms with E-state index in [4.69, 9.17) is 5.11 Å². The Morgan fingerprint density at radius 3 is 2.53 bits per heavy atom. The SMILES string of the molecule is O=S(=O)(NCc1ccc(F)cc1)c1c[nH]c(CO)c1. The number of aliphatic hydroxyl groups is 1. The van der Waals surface area contributed by atoms with Gasteiger partial charge in [0.05, 0.1) is 11.5 Å². The fraction of sp³-hybridized carbons (Fsp3) is 0.167. The molecule has 0 aliphatic heterocycles. The van der Waals surface area contributed by atoms with E-state index < -0.39 is 10.0 Å². The van der Waals surface area contributed by atoms with Crippen LogP contribution in [0.2, 0.25) is 0 Å². The highest BCUT2D eigenvalue weighted by Crippen LogP contribution is 2.11. The fourth-order valence-electron chi connectivity index (χ4n) is 1.53. The molecule has 0 saturated carbocycles. The van der Waals surface area contributed by atoms with Crippen LogP contribution < -0.4 is 4.72 Å². The number of rotatable bonds is 5. The quantitative estimate of drug-likeness (QED) is 0.769. The maximum Gasteiger partial charge on any atom is 0.242 e. The Morgan fingerprint density at radius 2 is 1.95 bits per heavy atom. The van der Waals surface area contributed by atoms with Gasteiger partial charge in [0.25, 0.3) is 0 Å². The van der Waals surface area contributed by atoms with E-state index in [0.717, 1.165) is 0 Å². The van der Waals surface area contributed by atoms with Gasteiger partial charge in [-0.3, -0.25) is 0 Å². The van der Waals surface area contributed by atoms with Gasteiger partial charge < -0.3 is 10.1 Å². The van der Waals surface area contributed by atoms with Crippen molar-refractivity contribution >= 4 is 10.0 Å². The standard InChI is InChI=1S/C12H13FN2O3S/c13-10-3-1-9(2-4-10)6-15-19(17,18)12-5-11(8-16)14-7-12/h1-5,7,14-16H,6,8H2. The zero-order valence-electron chi connectivity index (χ0n) is 9.93. The lowest BCUT2D eigenvalue weighted by Crippen LogP contribution is -2.22. The number of nitrogens with one attached hydrogen (secondary N) is 2. The van der Waals surface area contributed by atoms with E-state index in [9.17, 15) is 12.8 Å². The molecule has 2 rings (SSSR count). The normalized spacial score (nSPS) is 11.7. The van der Waals surface area contributed by atoms with Gasteiger partial charge in [-0.05, 0) is 23.8 Å². The monoisotopic (exact) mass is 284 g/mol. The molecule has 1 aromatic heterocycles. The predicted octanol–water partition coefficient (Wildman–Crippen LogP) is 1.12. The van der Waals surface area contributed by atoms with Gasteiger partial charge in [0, 0.05) is 18.4 Å². The van der Waals surface area contributed by atoms with Gasteiger partial charge in [-0.1, -0.05) is 12.1 Å². The lowest BCUT2D eigenvalue weighted by atomic mass is 10.2. The van der Waals surface area contributed by atoms with Crippen LogP contribution in [0.15, 0.2) is 41.4 Å². The van der Waals surface area contributed by atoms with Crippen LogP contribution in [0.1, 0.15) is 11.3 Å². The van der Waals surface area contributed by atoms with Crippen LogP contribution in [0.25, 0.3) is 0 Å². The van der Waals surface area contributed by atoms with Crippen LogP contribution in [0.4, 0.5) is 4.39 Å². The Balaban J connectivity index is 2.07. The summed E-state index contributed by atoms with van der Waals surface area (Å²) in [5.41, 5.74) is 1.07. The highest BCUT2D eigenvalue weighted by atomic mass is 32.2. The first-order valence-corrected chi connectivity index (χ1v) is 7.02. The smallest absolute Gasteiger partial charge is 0.242 e. The molecular formula is C12H13FN2O3S. The molecule has 0 aliphatic rings. The van der Waals surface area contributed by atoms with Crippen LogP contribution in [-0.4, -0.2) is 18.5 Å². The van der Waals surface area contributed by atoms with Crippen LogP contribution in [0.5, 0.6) is 0 Å². The summed E-state index contributed by atoms with van der Waals surface area (Å²) < 4.78 is 38.9. The number of aromatic amines is 1. The van der Waals surface area contributed by atoms with Crippen LogP contribution in [-0.2, 0) is 23.2 Å². The van der Waals surface area contributed by atoms with E-state index in [-0.39, 0.29) is 23.9 Å². The molecule has 102 valence electrons. The van der Waals surface area contributed by atoms with Crippen LogP contribution >= 0.6 is 0 Å². The third-order valence-electron chi connectivity index (χ3n) is 2.58. The third-order valence-corrected chi connectivity index (χ3v) is 3.96. The summed E-state index contributed by atoms with van der Waals surface area (Å²) >= 11 is 0. The molecule has 1 heterocycles. The summed E-state index contributed by atoms with van der Waals surface area (Å²) in [4.78, 5) is 2.70. The highest BCUT2D eigenvalue weighted by molar-refractivity contribution is 7.89.